The van der Waals surface area contributed by atoms with Crippen molar-refractivity contribution in [1.29, 1.82) is 0 Å². The van der Waals surface area contributed by atoms with Gasteiger partial charge in [0.25, 0.3) is 0 Å². The molecular formula is C19H30N4O2. The first-order valence-corrected chi connectivity index (χ1v) is 8.88. The van der Waals surface area contributed by atoms with Gasteiger partial charge in [0.15, 0.2) is 0 Å². The van der Waals surface area contributed by atoms with E-state index in [4.69, 9.17) is 5.73 Å². The van der Waals surface area contributed by atoms with Crippen LogP contribution in [0.4, 0.5) is 4.79 Å². The van der Waals surface area contributed by atoms with Crippen LogP contribution in [0.25, 0.3) is 0 Å². The molecule has 3 N–H and O–H groups in total. The second-order valence-electron chi connectivity index (χ2n) is 7.18. The van der Waals surface area contributed by atoms with E-state index in [-0.39, 0.29) is 12.3 Å². The van der Waals surface area contributed by atoms with Crippen molar-refractivity contribution in [1.82, 2.24) is 15.1 Å². The second-order valence-corrected chi connectivity index (χ2v) is 7.18. The average Bonchev–Trinajstić information content (AvgIpc) is 2.98. The zero-order valence-electron chi connectivity index (χ0n) is 15.7. The van der Waals surface area contributed by atoms with Gasteiger partial charge in [-0.05, 0) is 32.5 Å². The smallest absolute Gasteiger partial charge is 0.312 e. The highest BCUT2D eigenvalue weighted by atomic mass is 16.2. The minimum Gasteiger partial charge on any atom is -0.352 e. The summed E-state index contributed by atoms with van der Waals surface area (Å²) in [6.45, 7) is 5.66. The summed E-state index contributed by atoms with van der Waals surface area (Å²) in [5.74, 6) is 0.545. The van der Waals surface area contributed by atoms with Crippen molar-refractivity contribution in [3.8, 4) is 0 Å². The molecule has 1 aliphatic rings. The molecule has 0 bridgehead atoms. The van der Waals surface area contributed by atoms with Gasteiger partial charge in [-0.15, -0.1) is 0 Å². The lowest BCUT2D eigenvalue weighted by molar-refractivity contribution is -0.130. The predicted octanol–water partition coefficient (Wildman–Crippen LogP) is 1.89. The van der Waals surface area contributed by atoms with Crippen LogP contribution in [0.5, 0.6) is 0 Å². The molecule has 0 saturated carbocycles. The summed E-state index contributed by atoms with van der Waals surface area (Å²) in [5.41, 5.74) is 7.31. The summed E-state index contributed by atoms with van der Waals surface area (Å²) in [6.07, 6.45) is 1.27. The molecule has 6 nitrogen and oxygen atoms in total. The molecule has 1 saturated heterocycles. The van der Waals surface area contributed by atoms with E-state index in [9.17, 15) is 9.59 Å². The Bertz CT molecular complexity index is 617. The summed E-state index contributed by atoms with van der Waals surface area (Å²) in [4.78, 5) is 28.3. The molecule has 0 aromatic heterocycles. The van der Waals surface area contributed by atoms with Gasteiger partial charge in [0.1, 0.15) is 0 Å². The number of hydrogen-bond acceptors (Lipinski definition) is 3. The molecule has 3 amide bonds. The molecule has 2 rings (SSSR count). The van der Waals surface area contributed by atoms with E-state index in [2.05, 4.69) is 31.2 Å². The number of hydrogen-bond donors (Lipinski definition) is 2. The number of carbonyl (C=O) groups excluding carboxylic acids is 2. The van der Waals surface area contributed by atoms with Crippen molar-refractivity contribution in [3.05, 3.63) is 35.4 Å². The zero-order chi connectivity index (χ0) is 18.6. The normalized spacial score (nSPS) is 21.4. The van der Waals surface area contributed by atoms with E-state index in [1.54, 1.807) is 0 Å². The van der Waals surface area contributed by atoms with Crippen LogP contribution in [0.1, 0.15) is 36.9 Å². The number of aryl methyl sites for hydroxylation is 1. The molecule has 25 heavy (non-hydrogen) atoms. The van der Waals surface area contributed by atoms with Gasteiger partial charge in [0.05, 0.1) is 12.5 Å². The number of likely N-dealkylation sites (N-methyl/N-ethyl adjacent to an activating group) is 1. The Morgan fingerprint density at radius 1 is 1.36 bits per heavy atom. The Balaban J connectivity index is 2.11. The monoisotopic (exact) mass is 346 g/mol. The number of benzene rings is 1. The minimum absolute atomic E-state index is 0.0584. The molecule has 0 aliphatic carbocycles. The maximum absolute atomic E-state index is 12.8. The van der Waals surface area contributed by atoms with Crippen LogP contribution in [-0.2, 0) is 4.79 Å². The maximum Gasteiger partial charge on any atom is 0.312 e. The molecule has 138 valence electrons. The number of amides is 3. The number of nitrogens with zero attached hydrogens (tertiary/aromatic N) is 2. The topological polar surface area (TPSA) is 78.7 Å². The van der Waals surface area contributed by atoms with Crippen LogP contribution in [0.15, 0.2) is 24.3 Å². The number of likely N-dealkylation sites (tertiary alicyclic amines) is 1. The number of carbonyl (C=O) groups is 2. The van der Waals surface area contributed by atoms with Gasteiger partial charge in [0.2, 0.25) is 5.91 Å². The fourth-order valence-electron chi connectivity index (χ4n) is 3.66. The third kappa shape index (κ3) is 4.95. The van der Waals surface area contributed by atoms with Crippen LogP contribution < -0.4 is 11.1 Å². The lowest BCUT2D eigenvalue weighted by Crippen LogP contribution is -2.39. The number of nitrogens with one attached hydrogen (secondary N) is 1. The molecule has 0 spiro atoms. The molecule has 1 aromatic rings. The average molecular weight is 346 g/mol. The number of rotatable bonds is 6. The van der Waals surface area contributed by atoms with Crippen LogP contribution in [-0.4, -0.2) is 55.0 Å². The van der Waals surface area contributed by atoms with Gasteiger partial charge in [-0.1, -0.05) is 43.2 Å². The Kier molecular flexibility index (Phi) is 6.42. The van der Waals surface area contributed by atoms with E-state index < -0.39 is 12.1 Å². The molecule has 6 heteroatoms. The lowest BCUT2D eigenvalue weighted by Gasteiger charge is -2.24. The summed E-state index contributed by atoms with van der Waals surface area (Å²) in [7, 11) is 4.12. The SMILES string of the molecule is CCC1CN(C(=O)CC(NC(N)=O)c2cccc(C)c2)CC1N(C)C. The van der Waals surface area contributed by atoms with Crippen LogP contribution in [0, 0.1) is 12.8 Å². The molecule has 1 fully saturated rings. The quantitative estimate of drug-likeness (QED) is 0.826. The Morgan fingerprint density at radius 3 is 2.60 bits per heavy atom. The van der Waals surface area contributed by atoms with Gasteiger partial charge < -0.3 is 20.9 Å². The standard InChI is InChI=1S/C19H30N4O2/c1-5-14-11-23(12-17(14)22(3)4)18(24)10-16(21-19(20)25)15-8-6-7-13(2)9-15/h6-9,14,16-17H,5,10-12H2,1-4H3,(H3,20,21,25). The highest BCUT2D eigenvalue weighted by Gasteiger charge is 2.36. The molecular weight excluding hydrogens is 316 g/mol. The van der Waals surface area contributed by atoms with Gasteiger partial charge in [-0.3, -0.25) is 4.79 Å². The molecule has 0 radical (unpaired) electrons. The zero-order valence-corrected chi connectivity index (χ0v) is 15.7. The first-order valence-electron chi connectivity index (χ1n) is 8.88. The summed E-state index contributed by atoms with van der Waals surface area (Å²) >= 11 is 0. The summed E-state index contributed by atoms with van der Waals surface area (Å²) in [5, 5.41) is 2.72. The van der Waals surface area contributed by atoms with E-state index in [0.717, 1.165) is 30.6 Å². The number of urea groups is 1. The largest absolute Gasteiger partial charge is 0.352 e. The van der Waals surface area contributed by atoms with E-state index >= 15 is 0 Å². The van der Waals surface area contributed by atoms with Crippen molar-refractivity contribution in [2.45, 2.75) is 38.8 Å². The predicted molar refractivity (Wildman–Crippen MR) is 99.1 cm³/mol. The lowest BCUT2D eigenvalue weighted by atomic mass is 10.0. The summed E-state index contributed by atoms with van der Waals surface area (Å²) in [6, 6.07) is 7.19. The number of primary amides is 1. The van der Waals surface area contributed by atoms with Crippen LogP contribution in [0.2, 0.25) is 0 Å². The minimum atomic E-state index is -0.613. The Hall–Kier alpha value is -2.08. The first-order chi connectivity index (χ1) is 11.8. The Labute approximate surface area is 150 Å². The first kappa shape index (κ1) is 19.2. The highest BCUT2D eigenvalue weighted by Crippen LogP contribution is 2.26. The molecule has 1 aromatic carbocycles. The Morgan fingerprint density at radius 2 is 2.08 bits per heavy atom. The number of nitrogens with two attached hydrogens (primary N) is 1. The van der Waals surface area contributed by atoms with Gasteiger partial charge >= 0.3 is 6.03 Å². The van der Waals surface area contributed by atoms with Crippen molar-refractivity contribution >= 4 is 11.9 Å². The third-order valence-corrected chi connectivity index (χ3v) is 5.09. The van der Waals surface area contributed by atoms with E-state index in [0.29, 0.717) is 12.0 Å². The summed E-state index contributed by atoms with van der Waals surface area (Å²) < 4.78 is 0. The van der Waals surface area contributed by atoms with Gasteiger partial charge in [0, 0.05) is 19.1 Å². The second kappa shape index (κ2) is 8.34. The highest BCUT2D eigenvalue weighted by molar-refractivity contribution is 5.79. The van der Waals surface area contributed by atoms with Crippen molar-refractivity contribution in [2.24, 2.45) is 11.7 Å². The molecule has 1 aliphatic heterocycles. The van der Waals surface area contributed by atoms with E-state index in [1.165, 1.54) is 0 Å². The van der Waals surface area contributed by atoms with Crippen molar-refractivity contribution in [3.63, 3.8) is 0 Å². The van der Waals surface area contributed by atoms with Crippen molar-refractivity contribution < 1.29 is 9.59 Å². The van der Waals surface area contributed by atoms with Crippen molar-refractivity contribution in [2.75, 3.05) is 27.2 Å². The van der Waals surface area contributed by atoms with E-state index in [1.807, 2.05) is 36.1 Å². The fraction of sp³-hybridized carbons (Fsp3) is 0.579. The fourth-order valence-corrected chi connectivity index (χ4v) is 3.66. The molecule has 3 atom stereocenters. The molecule has 3 unspecified atom stereocenters. The van der Waals surface area contributed by atoms with Crippen LogP contribution in [0.3, 0.4) is 0 Å². The van der Waals surface area contributed by atoms with Gasteiger partial charge in [-0.2, -0.15) is 0 Å². The molecule has 1 heterocycles. The maximum atomic E-state index is 12.8. The van der Waals surface area contributed by atoms with Crippen LogP contribution >= 0.6 is 0 Å². The third-order valence-electron chi connectivity index (χ3n) is 5.09. The van der Waals surface area contributed by atoms with Gasteiger partial charge in [-0.25, -0.2) is 4.79 Å².